The Bertz CT molecular complexity index is 761. The minimum atomic E-state index is -1.03. The van der Waals surface area contributed by atoms with E-state index < -0.39 is 24.1 Å². The summed E-state index contributed by atoms with van der Waals surface area (Å²) in [4.78, 5) is 45.1. The maximum absolute atomic E-state index is 12.2. The van der Waals surface area contributed by atoms with Crippen molar-refractivity contribution < 1.29 is 28.9 Å². The molecule has 2 aromatic rings. The molecule has 0 spiro atoms. The number of hydrogen-bond donors (Lipinski definition) is 1. The van der Waals surface area contributed by atoms with E-state index in [0.29, 0.717) is 0 Å². The van der Waals surface area contributed by atoms with Crippen LogP contribution in [0.2, 0.25) is 0 Å². The molecule has 0 heterocycles. The highest BCUT2D eigenvalue weighted by Crippen LogP contribution is 2.08. The maximum Gasteiger partial charge on any atom is 0.408 e. The van der Waals surface area contributed by atoms with Gasteiger partial charge in [0.2, 0.25) is 0 Å². The molecule has 0 fully saturated rings. The Morgan fingerprint density at radius 3 is 2.07 bits per heavy atom. The van der Waals surface area contributed by atoms with Crippen LogP contribution in [-0.2, 0) is 25.9 Å². The van der Waals surface area contributed by atoms with Crippen molar-refractivity contribution in [1.82, 2.24) is 5.32 Å². The first kappa shape index (κ1) is 20.0. The molecule has 0 unspecified atom stereocenters. The Morgan fingerprint density at radius 1 is 0.889 bits per heavy atom. The largest absolute Gasteiger partial charge is 0.445 e. The normalized spacial score (nSPS) is 11.4. The van der Waals surface area contributed by atoms with Crippen molar-refractivity contribution >= 4 is 18.0 Å². The van der Waals surface area contributed by atoms with Crippen LogP contribution in [0.3, 0.4) is 0 Å². The zero-order chi connectivity index (χ0) is 19.6. The minimum Gasteiger partial charge on any atom is -0.445 e. The van der Waals surface area contributed by atoms with Crippen LogP contribution in [0.5, 0.6) is 0 Å². The number of ether oxygens (including phenoxy) is 1. The van der Waals surface area contributed by atoms with Crippen LogP contribution in [0, 0.1) is 5.92 Å². The highest BCUT2D eigenvalue weighted by molar-refractivity contribution is 5.89. The molecule has 1 N–H and O–H groups in total. The van der Waals surface area contributed by atoms with Crippen LogP contribution in [-0.4, -0.2) is 24.1 Å². The summed E-state index contributed by atoms with van der Waals surface area (Å²) in [5.74, 6) is -2.01. The first-order chi connectivity index (χ1) is 13.0. The molecule has 7 heteroatoms. The predicted molar refractivity (Wildman–Crippen MR) is 96.3 cm³/mol. The molecule has 0 aliphatic heterocycles. The second-order valence-electron chi connectivity index (χ2n) is 6.07. The number of rotatable bonds is 6. The second kappa shape index (κ2) is 9.96. The third kappa shape index (κ3) is 6.47. The van der Waals surface area contributed by atoms with E-state index in [1.807, 2.05) is 30.3 Å². The van der Waals surface area contributed by atoms with E-state index in [1.165, 1.54) is 12.1 Å². The average molecular weight is 371 g/mol. The molecular weight excluding hydrogens is 350 g/mol. The van der Waals surface area contributed by atoms with E-state index in [2.05, 4.69) is 15.1 Å². The standard InChI is InChI=1S/C20H21NO6/c1-14(2)17(21-20(24)25-13-15-9-5-3-6-10-15)19(23)27-26-18(22)16-11-7-4-8-12-16/h3-12,14,17H,13H2,1-2H3,(H,21,24)/t17-/m0/s1. The Morgan fingerprint density at radius 2 is 1.48 bits per heavy atom. The Balaban J connectivity index is 1.85. The van der Waals surface area contributed by atoms with Crippen molar-refractivity contribution in [1.29, 1.82) is 0 Å². The Kier molecular flexibility index (Phi) is 7.37. The molecule has 0 aliphatic rings. The topological polar surface area (TPSA) is 90.9 Å². The van der Waals surface area contributed by atoms with Gasteiger partial charge in [0.15, 0.2) is 0 Å². The van der Waals surface area contributed by atoms with Crippen LogP contribution in [0.1, 0.15) is 29.8 Å². The first-order valence-electron chi connectivity index (χ1n) is 8.42. The number of amides is 1. The third-order valence-corrected chi connectivity index (χ3v) is 3.62. The molecule has 1 atom stereocenters. The van der Waals surface area contributed by atoms with Gasteiger partial charge in [0, 0.05) is 0 Å². The van der Waals surface area contributed by atoms with Crippen LogP contribution in [0.25, 0.3) is 0 Å². The van der Waals surface area contributed by atoms with Gasteiger partial charge in [-0.25, -0.2) is 24.2 Å². The molecule has 0 radical (unpaired) electrons. The summed E-state index contributed by atoms with van der Waals surface area (Å²) < 4.78 is 5.09. The monoisotopic (exact) mass is 371 g/mol. The van der Waals surface area contributed by atoms with Gasteiger partial charge in [-0.05, 0) is 23.6 Å². The van der Waals surface area contributed by atoms with Gasteiger partial charge in [-0.15, -0.1) is 0 Å². The molecule has 0 aliphatic carbocycles. The van der Waals surface area contributed by atoms with Gasteiger partial charge in [-0.3, -0.25) is 0 Å². The number of nitrogens with one attached hydrogen (secondary N) is 1. The lowest BCUT2D eigenvalue weighted by molar-refractivity contribution is -0.236. The number of carbonyl (C=O) groups excluding carboxylic acids is 3. The molecule has 142 valence electrons. The van der Waals surface area contributed by atoms with Gasteiger partial charge < -0.3 is 10.1 Å². The van der Waals surface area contributed by atoms with Crippen molar-refractivity contribution in [2.75, 3.05) is 0 Å². The lowest BCUT2D eigenvalue weighted by atomic mass is 10.1. The summed E-state index contributed by atoms with van der Waals surface area (Å²) in [6, 6.07) is 16.2. The fourth-order valence-electron chi connectivity index (χ4n) is 2.14. The van der Waals surface area contributed by atoms with E-state index in [1.54, 1.807) is 32.0 Å². The van der Waals surface area contributed by atoms with Crippen LogP contribution in [0.4, 0.5) is 4.79 Å². The van der Waals surface area contributed by atoms with E-state index in [4.69, 9.17) is 4.74 Å². The van der Waals surface area contributed by atoms with Crippen molar-refractivity contribution in [3.05, 3.63) is 71.8 Å². The SMILES string of the molecule is CC(C)[C@H](NC(=O)OCc1ccccc1)C(=O)OOC(=O)c1ccccc1. The number of carbonyl (C=O) groups is 3. The van der Waals surface area contributed by atoms with E-state index in [-0.39, 0.29) is 18.1 Å². The molecular formula is C20H21NO6. The molecule has 2 aromatic carbocycles. The van der Waals surface area contributed by atoms with Gasteiger partial charge in [-0.2, -0.15) is 0 Å². The number of hydrogen-bond acceptors (Lipinski definition) is 6. The Hall–Kier alpha value is -3.35. The lowest BCUT2D eigenvalue weighted by Crippen LogP contribution is -2.45. The number of benzene rings is 2. The zero-order valence-corrected chi connectivity index (χ0v) is 15.1. The fraction of sp³-hybridized carbons (Fsp3) is 0.250. The van der Waals surface area contributed by atoms with E-state index in [0.717, 1.165) is 5.56 Å². The van der Waals surface area contributed by atoms with E-state index in [9.17, 15) is 14.4 Å². The molecule has 0 saturated heterocycles. The van der Waals surface area contributed by atoms with Gasteiger partial charge in [0.05, 0.1) is 5.56 Å². The van der Waals surface area contributed by atoms with E-state index >= 15 is 0 Å². The molecule has 0 bridgehead atoms. The van der Waals surface area contributed by atoms with Crippen molar-refractivity contribution in [3.63, 3.8) is 0 Å². The van der Waals surface area contributed by atoms with Gasteiger partial charge in [0.1, 0.15) is 12.6 Å². The van der Waals surface area contributed by atoms with Crippen molar-refractivity contribution in [3.8, 4) is 0 Å². The third-order valence-electron chi connectivity index (χ3n) is 3.62. The molecule has 2 rings (SSSR count). The molecule has 0 aromatic heterocycles. The smallest absolute Gasteiger partial charge is 0.408 e. The molecule has 27 heavy (non-hydrogen) atoms. The molecule has 0 saturated carbocycles. The summed E-state index contributed by atoms with van der Waals surface area (Å²) in [6.07, 6.45) is -0.774. The first-order valence-corrected chi connectivity index (χ1v) is 8.42. The Labute approximate surface area is 157 Å². The van der Waals surface area contributed by atoms with Crippen molar-refractivity contribution in [2.45, 2.75) is 26.5 Å². The number of alkyl carbamates (subject to hydrolysis) is 1. The summed E-state index contributed by atoms with van der Waals surface area (Å²) >= 11 is 0. The highest BCUT2D eigenvalue weighted by atomic mass is 17.2. The van der Waals surface area contributed by atoms with Crippen LogP contribution >= 0.6 is 0 Å². The summed E-state index contributed by atoms with van der Waals surface area (Å²) in [7, 11) is 0. The zero-order valence-electron chi connectivity index (χ0n) is 15.1. The highest BCUT2D eigenvalue weighted by Gasteiger charge is 2.28. The van der Waals surface area contributed by atoms with Gasteiger partial charge >= 0.3 is 18.0 Å². The predicted octanol–water partition coefficient (Wildman–Crippen LogP) is 3.25. The van der Waals surface area contributed by atoms with Crippen LogP contribution in [0.15, 0.2) is 60.7 Å². The second-order valence-corrected chi connectivity index (χ2v) is 6.07. The molecule has 7 nitrogen and oxygen atoms in total. The van der Waals surface area contributed by atoms with Gasteiger partial charge in [-0.1, -0.05) is 62.4 Å². The van der Waals surface area contributed by atoms with Gasteiger partial charge in [0.25, 0.3) is 0 Å². The maximum atomic E-state index is 12.2. The summed E-state index contributed by atoms with van der Waals surface area (Å²) in [5, 5.41) is 2.42. The molecule has 1 amide bonds. The summed E-state index contributed by atoms with van der Waals surface area (Å²) in [6.45, 7) is 3.49. The van der Waals surface area contributed by atoms with Crippen LogP contribution < -0.4 is 5.32 Å². The average Bonchev–Trinajstić information content (AvgIpc) is 2.69. The fourth-order valence-corrected chi connectivity index (χ4v) is 2.14. The quantitative estimate of drug-likeness (QED) is 0.619. The van der Waals surface area contributed by atoms with Crippen molar-refractivity contribution in [2.24, 2.45) is 5.92 Å². The summed E-state index contributed by atoms with van der Waals surface area (Å²) in [5.41, 5.74) is 1.05. The lowest BCUT2D eigenvalue weighted by Gasteiger charge is -2.19. The minimum absolute atomic E-state index is 0.0650.